The van der Waals surface area contributed by atoms with Crippen LogP contribution in [0.15, 0.2) is 24.3 Å². The molecule has 5 nitrogen and oxygen atoms in total. The lowest BCUT2D eigenvalue weighted by atomic mass is 9.75. The van der Waals surface area contributed by atoms with Crippen molar-refractivity contribution >= 4 is 13.3 Å². The quantitative estimate of drug-likeness (QED) is 0.344. The van der Waals surface area contributed by atoms with Gasteiger partial charge < -0.3 is 19.1 Å². The molecule has 6 heteroatoms. The molecule has 35 heavy (non-hydrogen) atoms. The second-order valence-corrected chi connectivity index (χ2v) is 14.3. The maximum atomic E-state index is 14.7. The van der Waals surface area contributed by atoms with E-state index >= 15 is 0 Å². The van der Waals surface area contributed by atoms with Crippen molar-refractivity contribution in [2.24, 2.45) is 35.5 Å². The van der Waals surface area contributed by atoms with E-state index in [0.717, 1.165) is 44.2 Å². The first-order valence-electron chi connectivity index (χ1n) is 13.8. The van der Waals surface area contributed by atoms with Crippen LogP contribution in [0.5, 0.6) is 0 Å². The molecule has 0 saturated heterocycles. The Labute approximate surface area is 214 Å². The van der Waals surface area contributed by atoms with Gasteiger partial charge in [0.05, 0.1) is 12.2 Å². The first kappa shape index (κ1) is 28.7. The third kappa shape index (κ3) is 7.12. The standard InChI is InChI=1S/C29H50NO4P/c1-19(2)25-15-9-21(5)17-27(25)33-35(32,29(31)23-11-13-24(14-12-23)30(7)8)34-28-18-22(6)10-16-26(28)20(3)4/h11-14,19-22,25-29,31H,9-10,15-18H2,1-8H3/t21-,22+,25-,26+,27-,28-,29+,35?/m1/s1. The topological polar surface area (TPSA) is 59.0 Å². The van der Waals surface area contributed by atoms with Gasteiger partial charge in [-0.3, -0.25) is 4.57 Å². The zero-order chi connectivity index (χ0) is 25.9. The average molecular weight is 508 g/mol. The number of nitrogens with zero attached hydrogens (tertiary/aromatic N) is 1. The highest BCUT2D eigenvalue weighted by Gasteiger charge is 2.46. The Kier molecular flexibility index (Phi) is 9.93. The van der Waals surface area contributed by atoms with Crippen LogP contribution in [0.25, 0.3) is 0 Å². The fraction of sp³-hybridized carbons (Fsp3) is 0.793. The summed E-state index contributed by atoms with van der Waals surface area (Å²) in [4.78, 5) is 2.01. The fourth-order valence-electron chi connectivity index (χ4n) is 6.12. The number of benzene rings is 1. The molecule has 0 heterocycles. The second kappa shape index (κ2) is 12.1. The van der Waals surface area contributed by atoms with Crippen molar-refractivity contribution in [3.8, 4) is 0 Å². The molecule has 0 amide bonds. The van der Waals surface area contributed by atoms with Crippen molar-refractivity contribution in [1.29, 1.82) is 0 Å². The van der Waals surface area contributed by atoms with Gasteiger partial charge in [0, 0.05) is 19.8 Å². The summed E-state index contributed by atoms with van der Waals surface area (Å²) in [6.45, 7) is 13.4. The summed E-state index contributed by atoms with van der Waals surface area (Å²) in [7, 11) is 0.0893. The Morgan fingerprint density at radius 3 is 1.63 bits per heavy atom. The van der Waals surface area contributed by atoms with Gasteiger partial charge >= 0.3 is 7.60 Å². The van der Waals surface area contributed by atoms with E-state index in [1.54, 1.807) is 0 Å². The highest BCUT2D eigenvalue weighted by molar-refractivity contribution is 7.54. The number of aliphatic hydroxyl groups excluding tert-OH is 1. The molecule has 1 aromatic carbocycles. The van der Waals surface area contributed by atoms with E-state index in [9.17, 15) is 9.67 Å². The summed E-state index contributed by atoms with van der Waals surface area (Å²) >= 11 is 0. The molecule has 2 saturated carbocycles. The predicted molar refractivity (Wildman–Crippen MR) is 146 cm³/mol. The summed E-state index contributed by atoms with van der Waals surface area (Å²) in [5, 5.41) is 11.6. The monoisotopic (exact) mass is 507 g/mol. The van der Waals surface area contributed by atoms with Crippen LogP contribution in [0.1, 0.15) is 91.5 Å². The summed E-state index contributed by atoms with van der Waals surface area (Å²) in [5.74, 6) is 1.21. The summed E-state index contributed by atoms with van der Waals surface area (Å²) < 4.78 is 27.8. The Morgan fingerprint density at radius 1 is 0.829 bits per heavy atom. The highest BCUT2D eigenvalue weighted by atomic mass is 31.2. The molecule has 1 unspecified atom stereocenters. The molecule has 2 aliphatic rings. The molecular weight excluding hydrogens is 457 g/mol. The van der Waals surface area contributed by atoms with Crippen molar-refractivity contribution in [3.05, 3.63) is 29.8 Å². The number of rotatable bonds is 9. The van der Waals surface area contributed by atoms with Crippen molar-refractivity contribution in [2.75, 3.05) is 19.0 Å². The zero-order valence-electron chi connectivity index (χ0n) is 23.3. The van der Waals surface area contributed by atoms with E-state index in [2.05, 4.69) is 41.5 Å². The molecule has 200 valence electrons. The van der Waals surface area contributed by atoms with E-state index in [-0.39, 0.29) is 12.2 Å². The van der Waals surface area contributed by atoms with E-state index < -0.39 is 13.4 Å². The zero-order valence-corrected chi connectivity index (χ0v) is 24.2. The van der Waals surface area contributed by atoms with Gasteiger partial charge in [0.25, 0.3) is 0 Å². The van der Waals surface area contributed by atoms with Gasteiger partial charge in [-0.15, -0.1) is 0 Å². The van der Waals surface area contributed by atoms with E-state index in [4.69, 9.17) is 9.05 Å². The lowest BCUT2D eigenvalue weighted by molar-refractivity contribution is -0.0153. The molecule has 0 aliphatic heterocycles. The third-order valence-electron chi connectivity index (χ3n) is 8.49. The first-order valence-corrected chi connectivity index (χ1v) is 15.4. The highest BCUT2D eigenvalue weighted by Crippen LogP contribution is 2.64. The minimum Gasteiger partial charge on any atom is -0.378 e. The maximum absolute atomic E-state index is 14.7. The lowest BCUT2D eigenvalue weighted by Crippen LogP contribution is -2.37. The van der Waals surface area contributed by atoms with Crippen LogP contribution in [0.4, 0.5) is 5.69 Å². The van der Waals surface area contributed by atoms with Gasteiger partial charge in [0.1, 0.15) is 0 Å². The lowest BCUT2D eigenvalue weighted by Gasteiger charge is -2.42. The summed E-state index contributed by atoms with van der Waals surface area (Å²) in [5.41, 5.74) is 1.62. The SMILES string of the molecule is CC(C)[C@H]1CC[C@@H](C)C[C@H]1OP(=O)(O[C@@H]1C[C@@H](C)CC[C@H]1C(C)C)[C@H](O)c1ccc(N(C)C)cc1. The second-order valence-electron chi connectivity index (χ2n) is 12.3. The smallest absolute Gasteiger partial charge is 0.363 e. The molecule has 3 rings (SSSR count). The molecule has 0 aromatic heterocycles. The van der Waals surface area contributed by atoms with E-state index in [1.165, 1.54) is 0 Å². The van der Waals surface area contributed by atoms with Crippen molar-refractivity contribution < 1.29 is 18.7 Å². The third-order valence-corrected chi connectivity index (χ3v) is 10.5. The van der Waals surface area contributed by atoms with Crippen LogP contribution in [0, 0.1) is 35.5 Å². The normalized spacial score (nSPS) is 32.4. The number of aliphatic hydroxyl groups is 1. The molecule has 0 radical (unpaired) electrons. The largest absolute Gasteiger partial charge is 0.378 e. The van der Waals surface area contributed by atoms with Crippen LogP contribution in [-0.4, -0.2) is 31.4 Å². The van der Waals surface area contributed by atoms with Crippen LogP contribution < -0.4 is 4.90 Å². The molecule has 1 N–H and O–H groups in total. The molecule has 8 atom stereocenters. The Bertz CT molecular complexity index is 802. The molecule has 2 aliphatic carbocycles. The van der Waals surface area contributed by atoms with Crippen LogP contribution in [0.2, 0.25) is 0 Å². The van der Waals surface area contributed by atoms with Crippen LogP contribution in [0.3, 0.4) is 0 Å². The molecular formula is C29H50NO4P. The summed E-state index contributed by atoms with van der Waals surface area (Å²) in [6.07, 6.45) is 5.83. The van der Waals surface area contributed by atoms with E-state index in [1.807, 2.05) is 43.3 Å². The van der Waals surface area contributed by atoms with Gasteiger partial charge in [-0.2, -0.15) is 0 Å². The number of hydrogen-bond acceptors (Lipinski definition) is 5. The number of hydrogen-bond donors (Lipinski definition) is 1. The molecule has 0 spiro atoms. The Balaban J connectivity index is 1.95. The number of anilines is 1. The van der Waals surface area contributed by atoms with Crippen molar-refractivity contribution in [1.82, 2.24) is 0 Å². The molecule has 0 bridgehead atoms. The predicted octanol–water partition coefficient (Wildman–Crippen LogP) is 7.89. The first-order chi connectivity index (χ1) is 16.4. The minimum atomic E-state index is -3.87. The molecule has 2 fully saturated rings. The van der Waals surface area contributed by atoms with Crippen LogP contribution >= 0.6 is 7.60 Å². The average Bonchev–Trinajstić information content (AvgIpc) is 2.78. The van der Waals surface area contributed by atoms with Crippen molar-refractivity contribution in [2.45, 2.75) is 98.1 Å². The molecule has 1 aromatic rings. The van der Waals surface area contributed by atoms with Gasteiger partial charge in [-0.1, -0.05) is 66.5 Å². The van der Waals surface area contributed by atoms with E-state index in [0.29, 0.717) is 41.1 Å². The van der Waals surface area contributed by atoms with Crippen LogP contribution in [-0.2, 0) is 13.6 Å². The van der Waals surface area contributed by atoms with Gasteiger partial charge in [-0.25, -0.2) is 0 Å². The fourth-order valence-corrected chi connectivity index (χ4v) is 8.17. The Hall–Kier alpha value is -0.870. The Morgan fingerprint density at radius 2 is 1.26 bits per heavy atom. The minimum absolute atomic E-state index is 0.168. The van der Waals surface area contributed by atoms with Gasteiger partial charge in [0.15, 0.2) is 5.85 Å². The van der Waals surface area contributed by atoms with Crippen molar-refractivity contribution in [3.63, 3.8) is 0 Å². The maximum Gasteiger partial charge on any atom is 0.363 e. The van der Waals surface area contributed by atoms with Gasteiger partial charge in [-0.05, 0) is 78.9 Å². The summed E-state index contributed by atoms with van der Waals surface area (Å²) in [6, 6.07) is 7.60. The van der Waals surface area contributed by atoms with Gasteiger partial charge in [0.2, 0.25) is 0 Å².